The standard InChI is InChI=1S/C23H27N3O4S2/c1-15-13-16(2)21-20(14-15)25(3)23(31-21)24-22(27)17-9-11-26(12-10-17)32(28,29)19-7-5-18(30-4)6-8-19/h5-8,13-14,17H,9-12H2,1-4H3. The van der Waals surface area contributed by atoms with E-state index in [4.69, 9.17) is 4.74 Å². The van der Waals surface area contributed by atoms with Gasteiger partial charge in [-0.15, -0.1) is 0 Å². The number of aromatic nitrogens is 1. The summed E-state index contributed by atoms with van der Waals surface area (Å²) in [6.45, 7) is 4.73. The fourth-order valence-electron chi connectivity index (χ4n) is 4.10. The molecule has 0 N–H and O–H groups in total. The number of nitrogens with zero attached hydrogens (tertiary/aromatic N) is 3. The summed E-state index contributed by atoms with van der Waals surface area (Å²) in [6.07, 6.45) is 0.926. The molecule has 0 saturated carbocycles. The molecule has 0 unspecified atom stereocenters. The summed E-state index contributed by atoms with van der Waals surface area (Å²) in [7, 11) is -0.131. The van der Waals surface area contributed by atoms with Gasteiger partial charge < -0.3 is 9.30 Å². The number of methoxy groups -OCH3 is 1. The van der Waals surface area contributed by atoms with E-state index >= 15 is 0 Å². The molecule has 1 amide bonds. The van der Waals surface area contributed by atoms with Crippen molar-refractivity contribution in [1.29, 1.82) is 0 Å². The minimum Gasteiger partial charge on any atom is -0.497 e. The Hall–Kier alpha value is -2.49. The molecule has 1 aromatic heterocycles. The van der Waals surface area contributed by atoms with Crippen molar-refractivity contribution in [3.63, 3.8) is 0 Å². The molecule has 3 aromatic rings. The van der Waals surface area contributed by atoms with Gasteiger partial charge in [-0.3, -0.25) is 4.79 Å². The molecule has 1 fully saturated rings. The number of ether oxygens (including phenoxy) is 1. The normalized spacial score (nSPS) is 16.6. The number of thiazole rings is 1. The average Bonchev–Trinajstić information content (AvgIpc) is 3.09. The predicted molar refractivity (Wildman–Crippen MR) is 125 cm³/mol. The highest BCUT2D eigenvalue weighted by Crippen LogP contribution is 2.26. The molecule has 0 bridgehead atoms. The van der Waals surface area contributed by atoms with Gasteiger partial charge in [-0.2, -0.15) is 9.30 Å². The molecule has 2 heterocycles. The van der Waals surface area contributed by atoms with Crippen LogP contribution < -0.4 is 9.54 Å². The van der Waals surface area contributed by atoms with Gasteiger partial charge in [0.1, 0.15) is 5.75 Å². The minimum atomic E-state index is -3.59. The van der Waals surface area contributed by atoms with Crippen LogP contribution in [0.2, 0.25) is 0 Å². The molecule has 9 heteroatoms. The quantitative estimate of drug-likeness (QED) is 0.582. The minimum absolute atomic E-state index is 0.178. The van der Waals surface area contributed by atoms with E-state index < -0.39 is 10.0 Å². The molecule has 170 valence electrons. The van der Waals surface area contributed by atoms with Crippen LogP contribution in [0.5, 0.6) is 5.75 Å². The van der Waals surface area contributed by atoms with Crippen molar-refractivity contribution in [1.82, 2.24) is 8.87 Å². The van der Waals surface area contributed by atoms with Crippen LogP contribution >= 0.6 is 11.3 Å². The van der Waals surface area contributed by atoms with Crippen molar-refractivity contribution in [3.8, 4) is 5.75 Å². The van der Waals surface area contributed by atoms with E-state index in [9.17, 15) is 13.2 Å². The van der Waals surface area contributed by atoms with E-state index in [-0.39, 0.29) is 16.7 Å². The van der Waals surface area contributed by atoms with Crippen molar-refractivity contribution in [3.05, 3.63) is 52.3 Å². The maximum Gasteiger partial charge on any atom is 0.251 e. The summed E-state index contributed by atoms with van der Waals surface area (Å²) in [5.74, 6) is 0.156. The SMILES string of the molecule is COc1ccc(S(=O)(=O)N2CCC(C(=O)N=c3sc4c(C)cc(C)cc4n3C)CC2)cc1. The molecule has 1 saturated heterocycles. The lowest BCUT2D eigenvalue weighted by molar-refractivity contribution is -0.122. The first kappa shape index (κ1) is 22.7. The third-order valence-corrected chi connectivity index (χ3v) is 9.14. The highest BCUT2D eigenvalue weighted by molar-refractivity contribution is 7.89. The topological polar surface area (TPSA) is 81.0 Å². The van der Waals surface area contributed by atoms with Crippen LogP contribution in [-0.4, -0.2) is 43.4 Å². The number of piperidine rings is 1. The van der Waals surface area contributed by atoms with Crippen LogP contribution in [0, 0.1) is 19.8 Å². The van der Waals surface area contributed by atoms with Crippen molar-refractivity contribution >= 4 is 37.5 Å². The number of amides is 1. The van der Waals surface area contributed by atoms with Gasteiger partial charge in [0.2, 0.25) is 10.0 Å². The zero-order valence-corrected chi connectivity index (χ0v) is 20.3. The van der Waals surface area contributed by atoms with Gasteiger partial charge in [0.05, 0.1) is 22.2 Å². The van der Waals surface area contributed by atoms with Crippen LogP contribution in [-0.2, 0) is 21.9 Å². The van der Waals surface area contributed by atoms with Crippen molar-refractivity contribution in [2.24, 2.45) is 18.0 Å². The molecule has 0 aliphatic carbocycles. The number of carbonyl (C=O) groups excluding carboxylic acids is 1. The Bertz CT molecular complexity index is 1330. The Balaban J connectivity index is 1.50. The number of carbonyl (C=O) groups is 1. The van der Waals surface area contributed by atoms with E-state index in [0.717, 1.165) is 10.2 Å². The van der Waals surface area contributed by atoms with Crippen molar-refractivity contribution < 1.29 is 17.9 Å². The molecule has 1 aliphatic heterocycles. The molecule has 4 rings (SSSR count). The second kappa shape index (κ2) is 8.80. The first-order valence-electron chi connectivity index (χ1n) is 10.5. The third-order valence-electron chi connectivity index (χ3n) is 5.95. The largest absolute Gasteiger partial charge is 0.497 e. The van der Waals surface area contributed by atoms with Crippen LogP contribution in [0.15, 0.2) is 46.3 Å². The smallest absolute Gasteiger partial charge is 0.251 e. The summed E-state index contributed by atoms with van der Waals surface area (Å²) in [4.78, 5) is 18.2. The van der Waals surface area contributed by atoms with Crippen LogP contribution in [0.3, 0.4) is 0 Å². The lowest BCUT2D eigenvalue weighted by Gasteiger charge is -2.29. The fraction of sp³-hybridized carbons (Fsp3) is 0.391. The molecule has 1 aliphatic rings. The second-order valence-corrected chi connectivity index (χ2v) is 11.1. The summed E-state index contributed by atoms with van der Waals surface area (Å²) in [5, 5.41) is 0. The number of aryl methyl sites for hydroxylation is 3. The molecule has 0 atom stereocenters. The molecule has 2 aromatic carbocycles. The number of benzene rings is 2. The maximum absolute atomic E-state index is 12.9. The van der Waals surface area contributed by atoms with Gasteiger partial charge in [0.25, 0.3) is 5.91 Å². The third kappa shape index (κ3) is 4.24. The van der Waals surface area contributed by atoms with E-state index in [1.54, 1.807) is 24.3 Å². The van der Waals surface area contributed by atoms with Crippen LogP contribution in [0.4, 0.5) is 0 Å². The van der Waals surface area contributed by atoms with Crippen molar-refractivity contribution in [2.75, 3.05) is 20.2 Å². The fourth-order valence-corrected chi connectivity index (χ4v) is 6.64. The summed E-state index contributed by atoms with van der Waals surface area (Å²) in [6, 6.07) is 10.6. The molecule has 7 nitrogen and oxygen atoms in total. The van der Waals surface area contributed by atoms with E-state index in [2.05, 4.69) is 31.0 Å². The molecule has 32 heavy (non-hydrogen) atoms. The Morgan fingerprint density at radius 1 is 1.12 bits per heavy atom. The Labute approximate surface area is 192 Å². The van der Waals surface area contributed by atoms with Crippen LogP contribution in [0.25, 0.3) is 10.2 Å². The number of hydrogen-bond donors (Lipinski definition) is 0. The highest BCUT2D eigenvalue weighted by atomic mass is 32.2. The first-order valence-corrected chi connectivity index (χ1v) is 12.8. The Kier molecular flexibility index (Phi) is 6.24. The van der Waals surface area contributed by atoms with Gasteiger partial charge in [-0.05, 0) is 68.1 Å². The molecular weight excluding hydrogens is 446 g/mol. The zero-order chi connectivity index (χ0) is 23.0. The maximum atomic E-state index is 12.9. The molecule has 0 spiro atoms. The second-order valence-electron chi connectivity index (χ2n) is 8.18. The van der Waals surface area contributed by atoms with E-state index in [0.29, 0.717) is 36.5 Å². The van der Waals surface area contributed by atoms with Crippen molar-refractivity contribution in [2.45, 2.75) is 31.6 Å². The zero-order valence-electron chi connectivity index (χ0n) is 18.7. The number of hydrogen-bond acceptors (Lipinski definition) is 5. The van der Waals surface area contributed by atoms with E-state index in [1.165, 1.54) is 33.9 Å². The van der Waals surface area contributed by atoms with Gasteiger partial charge in [-0.25, -0.2) is 8.42 Å². The average molecular weight is 474 g/mol. The first-order chi connectivity index (χ1) is 15.2. The summed E-state index contributed by atoms with van der Waals surface area (Å²) in [5.41, 5.74) is 3.41. The van der Waals surface area contributed by atoms with Crippen LogP contribution in [0.1, 0.15) is 24.0 Å². The molecule has 0 radical (unpaired) electrons. The number of fused-ring (bicyclic) bond motifs is 1. The van der Waals surface area contributed by atoms with Gasteiger partial charge in [0, 0.05) is 26.1 Å². The lowest BCUT2D eigenvalue weighted by atomic mass is 9.98. The predicted octanol–water partition coefficient (Wildman–Crippen LogP) is 3.39. The van der Waals surface area contributed by atoms with Gasteiger partial charge in [-0.1, -0.05) is 17.4 Å². The van der Waals surface area contributed by atoms with E-state index in [1.807, 2.05) is 11.6 Å². The Morgan fingerprint density at radius 2 is 1.78 bits per heavy atom. The summed E-state index contributed by atoms with van der Waals surface area (Å²) >= 11 is 1.52. The summed E-state index contributed by atoms with van der Waals surface area (Å²) < 4.78 is 35.5. The van der Waals surface area contributed by atoms with Gasteiger partial charge >= 0.3 is 0 Å². The van der Waals surface area contributed by atoms with Gasteiger partial charge in [0.15, 0.2) is 4.80 Å². The lowest BCUT2D eigenvalue weighted by Crippen LogP contribution is -2.40. The monoisotopic (exact) mass is 473 g/mol. The molecular formula is C23H27N3O4S2. The Morgan fingerprint density at radius 3 is 2.41 bits per heavy atom. The number of rotatable bonds is 4. The highest BCUT2D eigenvalue weighted by Gasteiger charge is 2.32. The number of sulfonamides is 1.